The van der Waals surface area contributed by atoms with E-state index in [-0.39, 0.29) is 6.54 Å². The summed E-state index contributed by atoms with van der Waals surface area (Å²) < 4.78 is 12.1. The summed E-state index contributed by atoms with van der Waals surface area (Å²) in [6.45, 7) is 4.36. The molecule has 1 aliphatic rings. The molecule has 5 unspecified atom stereocenters. The lowest BCUT2D eigenvalue weighted by Gasteiger charge is -2.39. The van der Waals surface area contributed by atoms with Gasteiger partial charge in [-0.15, -0.1) is 5.10 Å². The molecule has 4 N–H and O–H groups in total. The molecule has 1 fully saturated rings. The minimum absolute atomic E-state index is 0.215. The van der Waals surface area contributed by atoms with Crippen LogP contribution in [-0.2, 0) is 22.4 Å². The Bertz CT molecular complexity index is 499. The van der Waals surface area contributed by atoms with Gasteiger partial charge in [0.15, 0.2) is 6.29 Å². The lowest BCUT2D eigenvalue weighted by molar-refractivity contribution is -0.292. The molecule has 1 aliphatic heterocycles. The van der Waals surface area contributed by atoms with Crippen molar-refractivity contribution in [3.63, 3.8) is 0 Å². The highest BCUT2D eigenvalue weighted by Crippen LogP contribution is 2.22. The average Bonchev–Trinajstić information content (AvgIpc) is 3.06. The zero-order chi connectivity index (χ0) is 18.2. The van der Waals surface area contributed by atoms with Crippen molar-refractivity contribution < 1.29 is 24.8 Å². The van der Waals surface area contributed by atoms with Crippen LogP contribution in [0.4, 0.5) is 0 Å². The normalized spacial score (nSPS) is 29.9. The minimum atomic E-state index is -1.33. The van der Waals surface area contributed by atoms with Crippen LogP contribution in [0.3, 0.4) is 0 Å². The largest absolute Gasteiger partial charge is 0.388 e. The quantitative estimate of drug-likeness (QED) is 0.395. The summed E-state index contributed by atoms with van der Waals surface area (Å²) in [5, 5.41) is 41.3. The molecule has 1 saturated heterocycles. The van der Waals surface area contributed by atoms with Crippen LogP contribution in [-0.4, -0.2) is 81.2 Å². The summed E-state index contributed by atoms with van der Waals surface area (Å²) in [7, 11) is 1.37. The zero-order valence-electron chi connectivity index (χ0n) is 14.9. The number of rotatable bonds is 10. The Labute approximate surface area is 147 Å². The van der Waals surface area contributed by atoms with E-state index >= 15 is 0 Å². The number of unbranched alkanes of at least 4 members (excludes halogenated alkanes) is 1. The minimum Gasteiger partial charge on any atom is -0.388 e. The molecule has 0 aliphatic carbocycles. The van der Waals surface area contributed by atoms with E-state index in [1.807, 2.05) is 0 Å². The van der Waals surface area contributed by atoms with E-state index in [2.05, 4.69) is 22.6 Å². The molecular weight excluding hydrogens is 328 g/mol. The third-order valence-electron chi connectivity index (χ3n) is 4.35. The van der Waals surface area contributed by atoms with Gasteiger partial charge in [-0.2, -0.15) is 0 Å². The SMILES string of the molecule is CCCCNCCCc1cn(CC2OC(OC)C(O)C(O)C2O)nn1. The first kappa shape index (κ1) is 20.2. The molecule has 0 spiro atoms. The van der Waals surface area contributed by atoms with Gasteiger partial charge in [0, 0.05) is 13.3 Å². The maximum atomic E-state index is 10.1. The number of ether oxygens (including phenoxy) is 2. The number of hydrogen-bond donors (Lipinski definition) is 4. The van der Waals surface area contributed by atoms with E-state index in [0.717, 1.165) is 31.6 Å². The third kappa shape index (κ3) is 5.70. The van der Waals surface area contributed by atoms with Crippen molar-refractivity contribution in [2.45, 2.75) is 69.9 Å². The standard InChI is InChI=1S/C16H30N4O5/c1-3-4-7-17-8-5-6-11-9-20(19-18-11)10-12-13(21)14(22)15(23)16(24-2)25-12/h9,12-17,21-23H,3-8,10H2,1-2H3. The van der Waals surface area contributed by atoms with Crippen molar-refractivity contribution in [2.24, 2.45) is 0 Å². The van der Waals surface area contributed by atoms with Crippen molar-refractivity contribution in [3.8, 4) is 0 Å². The second kappa shape index (κ2) is 10.1. The van der Waals surface area contributed by atoms with Crippen LogP contribution in [0.1, 0.15) is 31.9 Å². The molecular formula is C16H30N4O5. The molecule has 1 aromatic heterocycles. The number of hydrogen-bond acceptors (Lipinski definition) is 8. The number of aryl methyl sites for hydroxylation is 1. The van der Waals surface area contributed by atoms with Crippen molar-refractivity contribution >= 4 is 0 Å². The summed E-state index contributed by atoms with van der Waals surface area (Å²) >= 11 is 0. The van der Waals surface area contributed by atoms with Crippen molar-refractivity contribution in [1.29, 1.82) is 0 Å². The van der Waals surface area contributed by atoms with E-state index < -0.39 is 30.7 Å². The molecule has 9 nitrogen and oxygen atoms in total. The van der Waals surface area contributed by atoms with E-state index in [0.29, 0.717) is 0 Å². The maximum absolute atomic E-state index is 10.1. The van der Waals surface area contributed by atoms with Crippen LogP contribution in [0.2, 0.25) is 0 Å². The molecule has 5 atom stereocenters. The fraction of sp³-hybridized carbons (Fsp3) is 0.875. The van der Waals surface area contributed by atoms with Gasteiger partial charge in [0.1, 0.15) is 24.4 Å². The Morgan fingerprint density at radius 2 is 1.96 bits per heavy atom. The van der Waals surface area contributed by atoms with Crippen LogP contribution in [0, 0.1) is 0 Å². The molecule has 2 heterocycles. The predicted octanol–water partition coefficient (Wildman–Crippen LogP) is -0.946. The van der Waals surface area contributed by atoms with E-state index in [9.17, 15) is 15.3 Å². The molecule has 144 valence electrons. The number of nitrogens with zero attached hydrogens (tertiary/aromatic N) is 3. The number of aromatic nitrogens is 3. The van der Waals surface area contributed by atoms with Crippen LogP contribution in [0.5, 0.6) is 0 Å². The number of aliphatic hydroxyl groups is 3. The molecule has 0 amide bonds. The number of methoxy groups -OCH3 is 1. The second-order valence-corrected chi connectivity index (χ2v) is 6.39. The van der Waals surface area contributed by atoms with Crippen molar-refractivity contribution in [2.75, 3.05) is 20.2 Å². The van der Waals surface area contributed by atoms with E-state index in [4.69, 9.17) is 9.47 Å². The van der Waals surface area contributed by atoms with Crippen LogP contribution in [0.15, 0.2) is 6.20 Å². The molecule has 1 aromatic rings. The van der Waals surface area contributed by atoms with Gasteiger partial charge in [-0.3, -0.25) is 0 Å². The zero-order valence-corrected chi connectivity index (χ0v) is 14.9. The Hall–Kier alpha value is -1.10. The highest BCUT2D eigenvalue weighted by atomic mass is 16.7. The molecule has 0 bridgehead atoms. The average molecular weight is 358 g/mol. The van der Waals surface area contributed by atoms with Gasteiger partial charge in [0.25, 0.3) is 0 Å². The Kier molecular flexibility index (Phi) is 8.20. The fourth-order valence-electron chi connectivity index (χ4n) is 2.81. The lowest BCUT2D eigenvalue weighted by Crippen LogP contribution is -2.58. The first-order valence-electron chi connectivity index (χ1n) is 8.89. The smallest absolute Gasteiger partial charge is 0.186 e. The first-order valence-corrected chi connectivity index (χ1v) is 8.89. The molecule has 0 saturated carbocycles. The van der Waals surface area contributed by atoms with E-state index in [1.54, 1.807) is 10.9 Å². The van der Waals surface area contributed by atoms with Crippen molar-refractivity contribution in [3.05, 3.63) is 11.9 Å². The Morgan fingerprint density at radius 3 is 2.68 bits per heavy atom. The van der Waals surface area contributed by atoms with Crippen LogP contribution in [0.25, 0.3) is 0 Å². The lowest BCUT2D eigenvalue weighted by atomic mass is 9.99. The Morgan fingerprint density at radius 1 is 1.20 bits per heavy atom. The maximum Gasteiger partial charge on any atom is 0.186 e. The van der Waals surface area contributed by atoms with Gasteiger partial charge in [0.05, 0.1) is 12.2 Å². The topological polar surface area (TPSA) is 122 Å². The number of aliphatic hydroxyl groups excluding tert-OH is 3. The summed E-state index contributed by atoms with van der Waals surface area (Å²) in [6, 6.07) is 0. The fourth-order valence-corrected chi connectivity index (χ4v) is 2.81. The van der Waals surface area contributed by atoms with E-state index in [1.165, 1.54) is 20.0 Å². The molecule has 0 aromatic carbocycles. The van der Waals surface area contributed by atoms with Gasteiger partial charge in [-0.25, -0.2) is 4.68 Å². The van der Waals surface area contributed by atoms with Crippen LogP contribution >= 0.6 is 0 Å². The number of nitrogens with one attached hydrogen (secondary N) is 1. The molecule has 25 heavy (non-hydrogen) atoms. The molecule has 9 heteroatoms. The highest BCUT2D eigenvalue weighted by molar-refractivity contribution is 4.94. The van der Waals surface area contributed by atoms with Gasteiger partial charge in [-0.05, 0) is 32.4 Å². The van der Waals surface area contributed by atoms with Crippen molar-refractivity contribution in [1.82, 2.24) is 20.3 Å². The van der Waals surface area contributed by atoms with Gasteiger partial charge >= 0.3 is 0 Å². The second-order valence-electron chi connectivity index (χ2n) is 6.39. The summed E-state index contributed by atoms with van der Waals surface area (Å²) in [6.07, 6.45) is 0.391. The highest BCUT2D eigenvalue weighted by Gasteiger charge is 2.44. The first-order chi connectivity index (χ1) is 12.1. The van der Waals surface area contributed by atoms with Gasteiger partial charge in [0.2, 0.25) is 0 Å². The van der Waals surface area contributed by atoms with Gasteiger partial charge < -0.3 is 30.1 Å². The Balaban J connectivity index is 1.80. The molecule has 0 radical (unpaired) electrons. The van der Waals surface area contributed by atoms with Gasteiger partial charge in [-0.1, -0.05) is 18.6 Å². The molecule has 2 rings (SSSR count). The monoisotopic (exact) mass is 358 g/mol. The van der Waals surface area contributed by atoms with Crippen LogP contribution < -0.4 is 5.32 Å². The summed E-state index contributed by atoms with van der Waals surface area (Å²) in [4.78, 5) is 0. The summed E-state index contributed by atoms with van der Waals surface area (Å²) in [5.41, 5.74) is 0.867. The summed E-state index contributed by atoms with van der Waals surface area (Å²) in [5.74, 6) is 0. The third-order valence-corrected chi connectivity index (χ3v) is 4.35. The predicted molar refractivity (Wildman–Crippen MR) is 89.8 cm³/mol.